The number of amides is 2. The van der Waals surface area contributed by atoms with Crippen LogP contribution in [0.5, 0.6) is 0 Å². The fourth-order valence-corrected chi connectivity index (χ4v) is 4.38. The van der Waals surface area contributed by atoms with E-state index in [4.69, 9.17) is 0 Å². The highest BCUT2D eigenvalue weighted by Crippen LogP contribution is 2.25. The second kappa shape index (κ2) is 10.1. The normalized spacial score (nSPS) is 12.1. The maximum absolute atomic E-state index is 12.8. The van der Waals surface area contributed by atoms with Crippen LogP contribution in [0.4, 0.5) is 5.13 Å². The van der Waals surface area contributed by atoms with Crippen molar-refractivity contribution in [2.45, 2.75) is 38.9 Å². The molecule has 0 saturated carbocycles. The predicted molar refractivity (Wildman–Crippen MR) is 123 cm³/mol. The Morgan fingerprint density at radius 2 is 2.00 bits per heavy atom. The Kier molecular flexibility index (Phi) is 7.45. The quantitative estimate of drug-likeness (QED) is 0.499. The number of nitrogens with zero attached hydrogens (tertiary/aromatic N) is 4. The minimum Gasteiger partial charge on any atom is -0.342 e. The molecule has 2 N–H and O–H groups in total. The number of carbonyl (C=O) groups is 2. The van der Waals surface area contributed by atoms with Gasteiger partial charge in [-0.2, -0.15) is 0 Å². The van der Waals surface area contributed by atoms with E-state index in [1.165, 1.54) is 23.1 Å². The van der Waals surface area contributed by atoms with Gasteiger partial charge in [0.25, 0.3) is 5.91 Å². The van der Waals surface area contributed by atoms with Crippen LogP contribution < -0.4 is 10.6 Å². The van der Waals surface area contributed by atoms with Crippen LogP contribution in [-0.2, 0) is 11.8 Å². The molecule has 0 bridgehead atoms. The molecule has 0 fully saturated rings. The minimum absolute atomic E-state index is 0.103. The molecule has 164 valence electrons. The first-order valence-electron chi connectivity index (χ1n) is 9.86. The van der Waals surface area contributed by atoms with E-state index in [0.29, 0.717) is 21.7 Å². The molecule has 0 aliphatic carbocycles. The highest BCUT2D eigenvalue weighted by molar-refractivity contribution is 7.99. The molecule has 2 heterocycles. The summed E-state index contributed by atoms with van der Waals surface area (Å²) in [5, 5.41) is 17.5. The van der Waals surface area contributed by atoms with Crippen molar-refractivity contribution < 1.29 is 9.59 Å². The number of carbonyl (C=O) groups excluding carboxylic acids is 2. The maximum atomic E-state index is 12.8. The van der Waals surface area contributed by atoms with Crippen LogP contribution in [0, 0.1) is 19.8 Å². The van der Waals surface area contributed by atoms with Crippen LogP contribution in [0.25, 0.3) is 0 Å². The Bertz CT molecular complexity index is 1080. The fourth-order valence-electron chi connectivity index (χ4n) is 2.96. The topological polar surface area (TPSA) is 102 Å². The largest absolute Gasteiger partial charge is 0.342 e. The smallest absolute Gasteiger partial charge is 0.251 e. The van der Waals surface area contributed by atoms with Gasteiger partial charge in [0.1, 0.15) is 0 Å². The molecule has 0 aliphatic heterocycles. The van der Waals surface area contributed by atoms with Crippen molar-refractivity contribution in [3.8, 4) is 0 Å². The lowest BCUT2D eigenvalue weighted by molar-refractivity contribution is -0.113. The summed E-state index contributed by atoms with van der Waals surface area (Å²) in [4.78, 5) is 29.2. The summed E-state index contributed by atoms with van der Waals surface area (Å²) in [6.45, 7) is 7.87. The van der Waals surface area contributed by atoms with Gasteiger partial charge in [0.05, 0.1) is 17.5 Å². The number of thioether (sulfide) groups is 1. The number of rotatable bonds is 8. The van der Waals surface area contributed by atoms with Crippen molar-refractivity contribution in [3.63, 3.8) is 0 Å². The van der Waals surface area contributed by atoms with Crippen LogP contribution in [0.2, 0.25) is 0 Å². The summed E-state index contributed by atoms with van der Waals surface area (Å²) in [5.74, 6) is 0.627. The summed E-state index contributed by atoms with van der Waals surface area (Å²) < 4.78 is 1.83. The van der Waals surface area contributed by atoms with Crippen molar-refractivity contribution in [3.05, 3.63) is 52.3 Å². The van der Waals surface area contributed by atoms with Crippen LogP contribution >= 0.6 is 23.1 Å². The van der Waals surface area contributed by atoms with Gasteiger partial charge < -0.3 is 15.2 Å². The van der Waals surface area contributed by atoms with Crippen LogP contribution in [-0.4, -0.2) is 37.3 Å². The number of nitrogens with one attached hydrogen (secondary N) is 2. The number of aryl methyl sites for hydroxylation is 2. The molecule has 10 heteroatoms. The van der Waals surface area contributed by atoms with Crippen LogP contribution in [0.1, 0.15) is 47.3 Å². The number of hydrogen-bond donors (Lipinski definition) is 2. The first kappa shape index (κ1) is 23.0. The molecule has 0 saturated heterocycles. The fraction of sp³-hybridized carbons (Fsp3) is 0.381. The zero-order chi connectivity index (χ0) is 22.5. The zero-order valence-corrected chi connectivity index (χ0v) is 19.8. The van der Waals surface area contributed by atoms with Gasteiger partial charge in [-0.15, -0.1) is 21.5 Å². The first-order valence-corrected chi connectivity index (χ1v) is 11.7. The van der Waals surface area contributed by atoms with E-state index >= 15 is 0 Å². The lowest BCUT2D eigenvalue weighted by Crippen LogP contribution is -2.33. The number of benzene rings is 1. The Labute approximate surface area is 189 Å². The molecule has 8 nitrogen and oxygen atoms in total. The van der Waals surface area contributed by atoms with Gasteiger partial charge in [-0.05, 0) is 31.9 Å². The molecule has 0 unspecified atom stereocenters. The van der Waals surface area contributed by atoms with Gasteiger partial charge >= 0.3 is 0 Å². The Balaban J connectivity index is 1.67. The van der Waals surface area contributed by atoms with Gasteiger partial charge in [-0.25, -0.2) is 4.98 Å². The van der Waals surface area contributed by atoms with E-state index in [-0.39, 0.29) is 29.5 Å². The zero-order valence-electron chi connectivity index (χ0n) is 18.2. The second-order valence-corrected chi connectivity index (χ2v) is 9.40. The van der Waals surface area contributed by atoms with Crippen molar-refractivity contribution in [2.24, 2.45) is 13.0 Å². The predicted octanol–water partition coefficient (Wildman–Crippen LogP) is 3.75. The summed E-state index contributed by atoms with van der Waals surface area (Å²) in [6.07, 6.45) is 0. The monoisotopic (exact) mass is 458 g/mol. The second-order valence-electron chi connectivity index (χ2n) is 7.60. The Hall–Kier alpha value is -2.72. The van der Waals surface area contributed by atoms with Crippen LogP contribution in [0.15, 0.2) is 34.8 Å². The lowest BCUT2D eigenvalue weighted by Gasteiger charge is -2.21. The molecule has 2 aromatic heterocycles. The van der Waals surface area contributed by atoms with Gasteiger partial charge in [0.15, 0.2) is 16.1 Å². The van der Waals surface area contributed by atoms with Gasteiger partial charge in [0.2, 0.25) is 5.91 Å². The highest BCUT2D eigenvalue weighted by Gasteiger charge is 2.25. The average molecular weight is 459 g/mol. The van der Waals surface area contributed by atoms with E-state index < -0.39 is 0 Å². The molecule has 31 heavy (non-hydrogen) atoms. The molecule has 1 atom stereocenters. The Morgan fingerprint density at radius 1 is 1.23 bits per heavy atom. The summed E-state index contributed by atoms with van der Waals surface area (Å²) in [6, 6.07) is 7.15. The molecule has 3 aromatic rings. The average Bonchev–Trinajstić information content (AvgIpc) is 3.29. The summed E-state index contributed by atoms with van der Waals surface area (Å²) in [7, 11) is 1.84. The van der Waals surface area contributed by atoms with Crippen molar-refractivity contribution in [2.75, 3.05) is 11.1 Å². The Morgan fingerprint density at radius 3 is 2.65 bits per heavy atom. The van der Waals surface area contributed by atoms with Crippen molar-refractivity contribution >= 4 is 40.0 Å². The SMILES string of the molecule is Cc1cccc(C(=O)N[C@@H](c2nnc(SCC(=O)Nc3nc(C)cs3)n2C)C(C)C)c1. The van der Waals surface area contributed by atoms with E-state index in [1.54, 1.807) is 6.07 Å². The third kappa shape index (κ3) is 5.92. The molecular formula is C21H26N6O2S2. The molecule has 0 spiro atoms. The molecular weight excluding hydrogens is 432 g/mol. The molecule has 0 aliphatic rings. The van der Waals surface area contributed by atoms with Gasteiger partial charge in [-0.1, -0.05) is 43.3 Å². The first-order chi connectivity index (χ1) is 14.7. The van der Waals surface area contributed by atoms with Crippen molar-refractivity contribution in [1.29, 1.82) is 0 Å². The highest BCUT2D eigenvalue weighted by atomic mass is 32.2. The summed E-state index contributed by atoms with van der Waals surface area (Å²) >= 11 is 2.68. The lowest BCUT2D eigenvalue weighted by atomic mass is 10.0. The molecule has 2 amide bonds. The molecule has 1 aromatic carbocycles. The van der Waals surface area contributed by atoms with Gasteiger partial charge in [0, 0.05) is 18.0 Å². The standard InChI is InChI=1S/C21H26N6O2S2/c1-12(2)17(24-19(29)15-8-6-7-13(3)9-15)18-25-26-21(27(18)5)31-11-16(28)23-20-22-14(4)10-30-20/h6-10,12,17H,11H2,1-5H3,(H,24,29)(H,22,23,28)/t17-/m1/s1. The van der Waals surface area contributed by atoms with Gasteiger partial charge in [-0.3, -0.25) is 9.59 Å². The van der Waals surface area contributed by atoms with E-state index in [2.05, 4.69) is 25.8 Å². The number of hydrogen-bond acceptors (Lipinski definition) is 7. The number of thiazole rings is 1. The minimum atomic E-state index is -0.313. The number of aromatic nitrogens is 4. The number of anilines is 1. The third-order valence-electron chi connectivity index (χ3n) is 4.58. The maximum Gasteiger partial charge on any atom is 0.251 e. The third-order valence-corrected chi connectivity index (χ3v) is 6.47. The van der Waals surface area contributed by atoms with Crippen molar-refractivity contribution in [1.82, 2.24) is 25.1 Å². The van der Waals surface area contributed by atoms with E-state index in [1.807, 2.05) is 62.9 Å². The molecule has 3 rings (SSSR count). The van der Waals surface area contributed by atoms with E-state index in [9.17, 15) is 9.59 Å². The van der Waals surface area contributed by atoms with Crippen LogP contribution in [0.3, 0.4) is 0 Å². The molecule has 0 radical (unpaired) electrons. The van der Waals surface area contributed by atoms with E-state index in [0.717, 1.165) is 11.3 Å². The summed E-state index contributed by atoms with van der Waals surface area (Å²) in [5.41, 5.74) is 2.51.